The van der Waals surface area contributed by atoms with Crippen LogP contribution in [0.1, 0.15) is 13.8 Å². The van der Waals surface area contributed by atoms with Crippen molar-refractivity contribution in [3.63, 3.8) is 0 Å². The first-order valence-corrected chi connectivity index (χ1v) is 18.9. The van der Waals surface area contributed by atoms with Gasteiger partial charge in [0.15, 0.2) is 13.2 Å². The summed E-state index contributed by atoms with van der Waals surface area (Å²) < 4.78 is 22.7. The highest BCUT2D eigenvalue weighted by molar-refractivity contribution is 5.98. The standard InChI is InChI=1S/C44H34N6O12/c1-3-59-39(51)23-61-43-31-7-5-8-32(43)36-20-28(48-46-26-13-17-30(18-14-26)50(57)58)22-38(42(36)54)34-10-6-9-33(44(34)62-24-40(52)60-4-2)37-21-27(19-35(31)41(37)53)47-45-25-11-15-29(16-12-25)49(55)56/h5-22,53-54H,3-4,23-24H2,1-2H3. The number of ether oxygens (including phenoxy) is 4. The molecule has 0 unspecified atom stereocenters. The number of fused-ring (bicyclic) bond motifs is 12. The molecule has 2 N–H and O–H groups in total. The number of nitro groups is 2. The molecular weight excluding hydrogens is 805 g/mol. The minimum atomic E-state index is -0.696. The number of esters is 2. The summed E-state index contributed by atoms with van der Waals surface area (Å²) in [5.41, 5.74) is 2.19. The summed E-state index contributed by atoms with van der Waals surface area (Å²) in [4.78, 5) is 46.9. The maximum atomic E-state index is 12.7. The van der Waals surface area contributed by atoms with Gasteiger partial charge in [-0.05, 0) is 62.4 Å². The molecule has 6 aromatic rings. The van der Waals surface area contributed by atoms with E-state index in [1.54, 1.807) is 50.2 Å². The van der Waals surface area contributed by atoms with E-state index in [0.717, 1.165) is 0 Å². The van der Waals surface area contributed by atoms with Crippen LogP contribution in [0.4, 0.5) is 34.1 Å². The Balaban J connectivity index is 1.51. The van der Waals surface area contributed by atoms with Crippen molar-refractivity contribution < 1.29 is 48.6 Å². The highest BCUT2D eigenvalue weighted by Gasteiger charge is 2.28. The summed E-state index contributed by atoms with van der Waals surface area (Å²) in [5, 5.41) is 64.5. The summed E-state index contributed by atoms with van der Waals surface area (Å²) in [5.74, 6) is -1.89. The molecule has 0 radical (unpaired) electrons. The van der Waals surface area contributed by atoms with Crippen molar-refractivity contribution in [2.24, 2.45) is 20.5 Å². The molecule has 0 aliphatic heterocycles. The second-order valence-electron chi connectivity index (χ2n) is 13.3. The van der Waals surface area contributed by atoms with Gasteiger partial charge >= 0.3 is 11.9 Å². The van der Waals surface area contributed by atoms with Gasteiger partial charge in [-0.15, -0.1) is 0 Å². The number of phenolic OH excluding ortho intramolecular Hbond substituents is 2. The van der Waals surface area contributed by atoms with Crippen LogP contribution in [0.5, 0.6) is 23.0 Å². The van der Waals surface area contributed by atoms with E-state index in [9.17, 15) is 40.0 Å². The van der Waals surface area contributed by atoms with Gasteiger partial charge in [0.1, 0.15) is 23.0 Å². The van der Waals surface area contributed by atoms with E-state index in [0.29, 0.717) is 0 Å². The van der Waals surface area contributed by atoms with Gasteiger partial charge in [0.05, 0.1) is 45.8 Å². The highest BCUT2D eigenvalue weighted by Crippen LogP contribution is 2.54. The minimum Gasteiger partial charge on any atom is -0.507 e. The number of aromatic hydroxyl groups is 2. The summed E-state index contributed by atoms with van der Waals surface area (Å²) in [6.07, 6.45) is 0. The fourth-order valence-electron chi connectivity index (χ4n) is 6.59. The molecule has 1 aliphatic rings. The van der Waals surface area contributed by atoms with Gasteiger partial charge in [-0.3, -0.25) is 20.2 Å². The van der Waals surface area contributed by atoms with Crippen LogP contribution in [0.15, 0.2) is 130 Å². The molecule has 0 amide bonds. The van der Waals surface area contributed by atoms with Gasteiger partial charge in [0, 0.05) is 68.8 Å². The van der Waals surface area contributed by atoms with Crippen LogP contribution in [-0.2, 0) is 19.1 Å². The first-order valence-electron chi connectivity index (χ1n) is 18.9. The molecule has 0 aromatic heterocycles. The van der Waals surface area contributed by atoms with Crippen LogP contribution in [0.3, 0.4) is 0 Å². The normalized spacial score (nSPS) is 11.4. The average Bonchev–Trinajstić information content (AvgIpc) is 3.27. The predicted octanol–water partition coefficient (Wildman–Crippen LogP) is 10.6. The Kier molecular flexibility index (Phi) is 12.2. The molecule has 0 fully saturated rings. The number of rotatable bonds is 14. The van der Waals surface area contributed by atoms with E-state index >= 15 is 0 Å². The lowest BCUT2D eigenvalue weighted by molar-refractivity contribution is -0.385. The first kappa shape index (κ1) is 41.6. The van der Waals surface area contributed by atoms with E-state index in [-0.39, 0.29) is 115 Å². The fourth-order valence-corrected chi connectivity index (χ4v) is 6.59. The minimum absolute atomic E-state index is 0.0417. The quantitative estimate of drug-likeness (QED) is 0.0449. The summed E-state index contributed by atoms with van der Waals surface area (Å²) in [7, 11) is 0. The second kappa shape index (κ2) is 18.2. The predicted molar refractivity (Wildman–Crippen MR) is 224 cm³/mol. The van der Waals surface area contributed by atoms with Gasteiger partial charge in [0.2, 0.25) is 0 Å². The van der Waals surface area contributed by atoms with Crippen LogP contribution >= 0.6 is 0 Å². The Bertz CT molecular complexity index is 2510. The molecule has 1 aliphatic carbocycles. The molecule has 0 atom stereocenters. The van der Waals surface area contributed by atoms with Crippen molar-refractivity contribution in [3.8, 4) is 67.5 Å². The summed E-state index contributed by atoms with van der Waals surface area (Å²) in [6, 6.07) is 26.7. The third kappa shape index (κ3) is 8.88. The van der Waals surface area contributed by atoms with E-state index in [1.807, 2.05) is 0 Å². The molecule has 8 bridgehead atoms. The van der Waals surface area contributed by atoms with Crippen LogP contribution in [-0.4, -0.2) is 58.4 Å². The maximum absolute atomic E-state index is 12.7. The van der Waals surface area contributed by atoms with E-state index in [1.165, 1.54) is 72.8 Å². The van der Waals surface area contributed by atoms with Gasteiger partial charge in [0.25, 0.3) is 11.4 Å². The van der Waals surface area contributed by atoms with Gasteiger partial charge in [-0.2, -0.15) is 20.5 Å². The maximum Gasteiger partial charge on any atom is 0.344 e. The number of para-hydroxylation sites is 2. The molecule has 18 nitrogen and oxygen atoms in total. The zero-order chi connectivity index (χ0) is 43.9. The first-order chi connectivity index (χ1) is 29.9. The summed E-state index contributed by atoms with van der Waals surface area (Å²) >= 11 is 0. The van der Waals surface area contributed by atoms with Crippen molar-refractivity contribution >= 4 is 46.1 Å². The number of benzene rings is 6. The smallest absolute Gasteiger partial charge is 0.344 e. The fraction of sp³-hybridized carbons (Fsp3) is 0.136. The topological polar surface area (TPSA) is 247 Å². The van der Waals surface area contributed by atoms with Gasteiger partial charge in [-0.1, -0.05) is 36.4 Å². The average molecular weight is 839 g/mol. The number of phenols is 2. The van der Waals surface area contributed by atoms with Crippen LogP contribution in [0, 0.1) is 20.2 Å². The molecule has 312 valence electrons. The number of hydrogen-bond donors (Lipinski definition) is 2. The largest absolute Gasteiger partial charge is 0.507 e. The molecule has 0 spiro atoms. The van der Waals surface area contributed by atoms with Crippen molar-refractivity contribution in [3.05, 3.63) is 129 Å². The third-order valence-electron chi connectivity index (χ3n) is 9.34. The lowest BCUT2D eigenvalue weighted by Crippen LogP contribution is -2.15. The highest BCUT2D eigenvalue weighted by atomic mass is 16.6. The molecular formula is C44H34N6O12. The Hall–Kier alpha value is -8.54. The lowest BCUT2D eigenvalue weighted by atomic mass is 9.88. The molecule has 6 aromatic carbocycles. The van der Waals surface area contributed by atoms with Crippen LogP contribution in [0.25, 0.3) is 44.5 Å². The van der Waals surface area contributed by atoms with Gasteiger partial charge < -0.3 is 29.2 Å². The Morgan fingerprint density at radius 1 is 0.500 bits per heavy atom. The van der Waals surface area contributed by atoms with E-state index in [4.69, 9.17) is 18.9 Å². The summed E-state index contributed by atoms with van der Waals surface area (Å²) in [6.45, 7) is 2.30. The molecule has 18 heteroatoms. The number of azo groups is 2. The van der Waals surface area contributed by atoms with Crippen molar-refractivity contribution in [1.82, 2.24) is 0 Å². The van der Waals surface area contributed by atoms with E-state index < -0.39 is 35.0 Å². The van der Waals surface area contributed by atoms with Gasteiger partial charge in [-0.25, -0.2) is 9.59 Å². The molecule has 0 saturated carbocycles. The number of non-ortho nitro benzene ring substituents is 2. The number of carbonyl (C=O) groups is 2. The molecule has 62 heavy (non-hydrogen) atoms. The molecule has 7 rings (SSSR count). The van der Waals surface area contributed by atoms with Crippen LogP contribution in [0.2, 0.25) is 0 Å². The van der Waals surface area contributed by atoms with Crippen molar-refractivity contribution in [1.29, 1.82) is 0 Å². The third-order valence-corrected chi connectivity index (χ3v) is 9.34. The Labute approximate surface area is 351 Å². The molecule has 0 saturated heterocycles. The number of hydrogen-bond acceptors (Lipinski definition) is 16. The lowest BCUT2D eigenvalue weighted by Gasteiger charge is -2.23. The van der Waals surface area contributed by atoms with Crippen molar-refractivity contribution in [2.75, 3.05) is 26.4 Å². The zero-order valence-corrected chi connectivity index (χ0v) is 32.9. The monoisotopic (exact) mass is 838 g/mol. The number of nitro benzene ring substituents is 2. The van der Waals surface area contributed by atoms with Crippen LogP contribution < -0.4 is 9.47 Å². The Morgan fingerprint density at radius 3 is 1.10 bits per heavy atom. The van der Waals surface area contributed by atoms with Crippen molar-refractivity contribution in [2.45, 2.75) is 13.8 Å². The number of carbonyl (C=O) groups excluding carboxylic acids is 2. The number of nitrogens with zero attached hydrogens (tertiary/aromatic N) is 6. The second-order valence-corrected chi connectivity index (χ2v) is 13.3. The van der Waals surface area contributed by atoms with E-state index in [2.05, 4.69) is 20.5 Å². The SMILES string of the molecule is CCOC(=O)COc1c2cccc1-c1cc(N=Nc3ccc([N+](=O)[O-])cc3)cc(c1O)-c1cccc(c1OCC(=O)OCC)-c1cc(N=Nc3ccc([N+](=O)[O-])cc3)cc-2c1O. The zero-order valence-electron chi connectivity index (χ0n) is 32.9. The molecule has 0 heterocycles. The Morgan fingerprint density at radius 2 is 0.806 bits per heavy atom.